The predicted octanol–water partition coefficient (Wildman–Crippen LogP) is 1.01. The Morgan fingerprint density at radius 3 is 2.78 bits per heavy atom. The molecule has 48 valence electrons. The number of aromatic nitrogens is 2. The summed E-state index contributed by atoms with van der Waals surface area (Å²) in [6.45, 7) is 0. The number of imidazole rings is 1. The van der Waals surface area contributed by atoms with E-state index in [1.165, 1.54) is 12.5 Å². The van der Waals surface area contributed by atoms with Crippen LogP contribution in [0.25, 0.3) is 0 Å². The number of carboxylic acid groups (broad SMARTS) is 1. The minimum absolute atomic E-state index is 0.676. The van der Waals surface area contributed by atoms with Gasteiger partial charge in [-0.25, -0.2) is 14.3 Å². The highest BCUT2D eigenvalue weighted by atomic mass is 127. The molecule has 1 aromatic rings. The number of rotatable bonds is 0. The molecule has 9 heavy (non-hydrogen) atoms. The highest BCUT2D eigenvalue weighted by molar-refractivity contribution is 14.1. The van der Waals surface area contributed by atoms with Crippen LogP contribution in [0.3, 0.4) is 0 Å². The van der Waals surface area contributed by atoms with Crippen molar-refractivity contribution < 1.29 is 9.90 Å². The average molecular weight is 238 g/mol. The molecule has 1 N–H and O–H groups in total. The molecule has 1 aromatic heterocycles. The first-order chi connectivity index (χ1) is 4.20. The molecule has 0 radical (unpaired) electrons. The topological polar surface area (TPSA) is 55.1 Å². The van der Waals surface area contributed by atoms with Crippen molar-refractivity contribution in [3.05, 3.63) is 16.2 Å². The van der Waals surface area contributed by atoms with E-state index in [2.05, 4.69) is 4.98 Å². The zero-order valence-electron chi connectivity index (χ0n) is 4.28. The summed E-state index contributed by atoms with van der Waals surface area (Å²) in [6.07, 6.45) is 1.68. The third kappa shape index (κ3) is 1.41. The Kier molecular flexibility index (Phi) is 1.70. The van der Waals surface area contributed by atoms with Crippen molar-refractivity contribution in [3.63, 3.8) is 0 Å². The molecule has 0 aliphatic heterocycles. The molecular weight excluding hydrogens is 235 g/mol. The van der Waals surface area contributed by atoms with Gasteiger partial charge in [0.2, 0.25) is 0 Å². The van der Waals surface area contributed by atoms with Crippen LogP contribution in [0.2, 0.25) is 0 Å². The predicted molar refractivity (Wildman–Crippen MR) is 38.4 cm³/mol. The summed E-state index contributed by atoms with van der Waals surface area (Å²) in [5.74, 6) is 0. The molecule has 0 atom stereocenters. The number of halogens is 1. The van der Waals surface area contributed by atoms with Crippen LogP contribution in [0.1, 0.15) is 0 Å². The second kappa shape index (κ2) is 2.34. The van der Waals surface area contributed by atoms with E-state index in [4.69, 9.17) is 5.11 Å². The molecule has 0 unspecified atom stereocenters. The largest absolute Gasteiger partial charge is 0.464 e. The molecule has 5 heteroatoms. The Morgan fingerprint density at radius 1 is 1.89 bits per heavy atom. The summed E-state index contributed by atoms with van der Waals surface area (Å²) in [7, 11) is 0. The lowest BCUT2D eigenvalue weighted by atomic mass is 10.9. The first-order valence-electron chi connectivity index (χ1n) is 2.13. The van der Waals surface area contributed by atoms with Gasteiger partial charge in [-0.1, -0.05) is 0 Å². The monoisotopic (exact) mass is 238 g/mol. The van der Waals surface area contributed by atoms with Gasteiger partial charge in [-0.2, -0.15) is 0 Å². The Balaban J connectivity index is 2.98. The Bertz CT molecular complexity index is 232. The molecule has 1 rings (SSSR count). The summed E-state index contributed by atoms with van der Waals surface area (Å²) < 4.78 is 1.68. The molecule has 0 amide bonds. The smallest absolute Gasteiger partial charge is 0.416 e. The van der Waals surface area contributed by atoms with Crippen molar-refractivity contribution in [3.8, 4) is 0 Å². The number of hydrogen-bond donors (Lipinski definition) is 1. The van der Waals surface area contributed by atoms with Gasteiger partial charge < -0.3 is 5.11 Å². The van der Waals surface area contributed by atoms with Gasteiger partial charge in [-0.15, -0.1) is 0 Å². The van der Waals surface area contributed by atoms with E-state index in [0.717, 1.165) is 4.57 Å². The molecule has 0 spiro atoms. The normalized spacial score (nSPS) is 9.44. The van der Waals surface area contributed by atoms with E-state index < -0.39 is 6.09 Å². The second-order valence-corrected chi connectivity index (χ2v) is 2.49. The third-order valence-corrected chi connectivity index (χ3v) is 1.33. The maximum Gasteiger partial charge on any atom is 0.416 e. The van der Waals surface area contributed by atoms with E-state index in [1.807, 2.05) is 22.6 Å². The van der Waals surface area contributed by atoms with E-state index in [1.54, 1.807) is 0 Å². The number of hydrogen-bond acceptors (Lipinski definition) is 2. The maximum atomic E-state index is 10.1. The van der Waals surface area contributed by atoms with E-state index in [0.29, 0.717) is 3.70 Å². The van der Waals surface area contributed by atoms with Gasteiger partial charge in [0.1, 0.15) is 10.0 Å². The highest BCUT2D eigenvalue weighted by Crippen LogP contribution is 1.98. The molecule has 0 aliphatic rings. The van der Waals surface area contributed by atoms with Gasteiger partial charge in [0.05, 0.1) is 0 Å². The molecule has 0 bridgehead atoms. The van der Waals surface area contributed by atoms with Crippen molar-refractivity contribution in [1.82, 2.24) is 9.55 Å². The van der Waals surface area contributed by atoms with Crippen LogP contribution in [0.15, 0.2) is 12.5 Å². The third-order valence-electron chi connectivity index (χ3n) is 0.772. The van der Waals surface area contributed by atoms with Crippen LogP contribution < -0.4 is 0 Å². The maximum absolute atomic E-state index is 10.1. The Morgan fingerprint density at radius 2 is 2.56 bits per heavy atom. The van der Waals surface area contributed by atoms with Crippen molar-refractivity contribution in [2.45, 2.75) is 0 Å². The number of carbonyl (C=O) groups is 1. The van der Waals surface area contributed by atoms with E-state index in [9.17, 15) is 4.79 Å². The van der Waals surface area contributed by atoms with Crippen molar-refractivity contribution >= 4 is 28.7 Å². The molecule has 0 saturated heterocycles. The zero-order chi connectivity index (χ0) is 6.85. The van der Waals surface area contributed by atoms with Crippen LogP contribution in [0.5, 0.6) is 0 Å². The van der Waals surface area contributed by atoms with Crippen LogP contribution in [0, 0.1) is 3.70 Å². The van der Waals surface area contributed by atoms with Crippen LogP contribution >= 0.6 is 22.6 Å². The fraction of sp³-hybridized carbons (Fsp3) is 0. The first kappa shape index (κ1) is 6.53. The molecule has 1 heterocycles. The van der Waals surface area contributed by atoms with Crippen LogP contribution in [-0.2, 0) is 0 Å². The van der Waals surface area contributed by atoms with Gasteiger partial charge in [0.25, 0.3) is 0 Å². The first-order valence-corrected chi connectivity index (χ1v) is 3.21. The quantitative estimate of drug-likeness (QED) is 0.686. The number of nitrogens with zero attached hydrogens (tertiary/aromatic N) is 2. The minimum atomic E-state index is -1.01. The molecule has 0 saturated carbocycles. The van der Waals surface area contributed by atoms with Gasteiger partial charge in [-0.05, 0) is 22.6 Å². The van der Waals surface area contributed by atoms with Crippen molar-refractivity contribution in [2.24, 2.45) is 0 Å². The second-order valence-electron chi connectivity index (χ2n) is 1.39. The lowest BCUT2D eigenvalue weighted by Gasteiger charge is -1.85. The summed E-state index contributed by atoms with van der Waals surface area (Å²) in [5, 5.41) is 8.32. The standard InChI is InChI=1S/C4H3IN2O2/c5-3-1-7(2-6-3)4(8)9/h1-2H,(H,8,9). The summed E-state index contributed by atoms with van der Waals surface area (Å²) in [6, 6.07) is 0. The van der Waals surface area contributed by atoms with Gasteiger partial charge in [0.15, 0.2) is 0 Å². The van der Waals surface area contributed by atoms with E-state index in [-0.39, 0.29) is 0 Å². The molecule has 0 fully saturated rings. The fourth-order valence-corrected chi connectivity index (χ4v) is 0.828. The van der Waals surface area contributed by atoms with Gasteiger partial charge >= 0.3 is 6.09 Å². The highest BCUT2D eigenvalue weighted by Gasteiger charge is 1.99. The average Bonchev–Trinajstić information content (AvgIpc) is 2.14. The molecule has 0 aromatic carbocycles. The van der Waals surface area contributed by atoms with Crippen molar-refractivity contribution in [1.29, 1.82) is 0 Å². The van der Waals surface area contributed by atoms with Crippen molar-refractivity contribution in [2.75, 3.05) is 0 Å². The zero-order valence-corrected chi connectivity index (χ0v) is 6.44. The lowest BCUT2D eigenvalue weighted by Crippen LogP contribution is -2.03. The Labute approximate surface area is 64.7 Å². The molecular formula is C4H3IN2O2. The molecule has 4 nitrogen and oxygen atoms in total. The molecule has 0 aliphatic carbocycles. The summed E-state index contributed by atoms with van der Waals surface area (Å²) >= 11 is 1.94. The fourth-order valence-electron chi connectivity index (χ4n) is 0.403. The van der Waals surface area contributed by atoms with Gasteiger partial charge in [-0.3, -0.25) is 0 Å². The lowest BCUT2D eigenvalue weighted by molar-refractivity contribution is 0.196. The van der Waals surface area contributed by atoms with Gasteiger partial charge in [0, 0.05) is 6.20 Å². The van der Waals surface area contributed by atoms with E-state index >= 15 is 0 Å². The van der Waals surface area contributed by atoms with Crippen LogP contribution in [0.4, 0.5) is 4.79 Å². The minimum Gasteiger partial charge on any atom is -0.464 e. The summed E-state index contributed by atoms with van der Waals surface area (Å²) in [4.78, 5) is 13.8. The Hall–Kier alpha value is -0.590. The van der Waals surface area contributed by atoms with Crippen LogP contribution in [-0.4, -0.2) is 20.8 Å². The summed E-state index contributed by atoms with van der Waals surface area (Å²) in [5.41, 5.74) is 0. The SMILES string of the molecule is O=C(O)n1cnc(I)c1.